The molecule has 0 saturated heterocycles. The molecule has 3 rings (SSSR count). The first kappa shape index (κ1) is 7.92. The zero-order valence-electron chi connectivity index (χ0n) is 8.46. The van der Waals surface area contributed by atoms with Gasteiger partial charge in [0.05, 0.1) is 11.0 Å². The van der Waals surface area contributed by atoms with E-state index in [0.29, 0.717) is 0 Å². The Morgan fingerprint density at radius 1 is 1.07 bits per heavy atom. The Morgan fingerprint density at radius 3 is 2.64 bits per heavy atom. The summed E-state index contributed by atoms with van der Waals surface area (Å²) in [6.07, 6.45) is 2.32. The zero-order valence-corrected chi connectivity index (χ0v) is 8.46. The number of pyridine rings is 2. The van der Waals surface area contributed by atoms with E-state index in [0.717, 1.165) is 23.1 Å². The molecule has 0 aliphatic heterocycles. The molecule has 2 heteroatoms. The second kappa shape index (κ2) is 2.53. The Kier molecular flexibility index (Phi) is 1.43. The number of aromatic nitrogens is 2. The molecule has 0 fully saturated rings. The lowest BCUT2D eigenvalue weighted by molar-refractivity contribution is 0.788. The Hall–Kier alpha value is -1.44. The fourth-order valence-electron chi connectivity index (χ4n) is 2.09. The summed E-state index contributed by atoms with van der Waals surface area (Å²) in [6.45, 7) is 4.19. The first-order valence-electron chi connectivity index (χ1n) is 5.01. The predicted molar refractivity (Wildman–Crippen MR) is 56.4 cm³/mol. The van der Waals surface area contributed by atoms with E-state index in [1.165, 1.54) is 23.2 Å². The molecule has 70 valence electrons. The summed E-state index contributed by atoms with van der Waals surface area (Å²) in [5.74, 6) is 0. The lowest BCUT2D eigenvalue weighted by Crippen LogP contribution is -2.14. The predicted octanol–water partition coefficient (Wildman–Crippen LogP) is 2.35. The van der Waals surface area contributed by atoms with Crippen LogP contribution in [-0.2, 0) is 12.8 Å². The van der Waals surface area contributed by atoms with E-state index in [-0.39, 0.29) is 0 Å². The van der Waals surface area contributed by atoms with Gasteiger partial charge in [0, 0.05) is 11.4 Å². The topological polar surface area (TPSA) is 25.8 Å². The maximum atomic E-state index is 4.60. The molecule has 0 atom stereocenters. The summed E-state index contributed by atoms with van der Waals surface area (Å²) in [5, 5.41) is 0. The van der Waals surface area contributed by atoms with Crippen LogP contribution in [0.15, 0.2) is 12.1 Å². The molecule has 2 heterocycles. The number of rotatable bonds is 0. The summed E-state index contributed by atoms with van der Waals surface area (Å²) in [6, 6.07) is 4.10. The Morgan fingerprint density at radius 2 is 1.93 bits per heavy atom. The SMILES string of the molecule is Cc1ccc2nc3c(c(C)c2n1)CC3. The van der Waals surface area contributed by atoms with Crippen LogP contribution in [0.4, 0.5) is 0 Å². The maximum Gasteiger partial charge on any atom is 0.0921 e. The molecular weight excluding hydrogens is 172 g/mol. The van der Waals surface area contributed by atoms with Gasteiger partial charge in [0.1, 0.15) is 0 Å². The summed E-state index contributed by atoms with van der Waals surface area (Å²) in [5.41, 5.74) is 7.24. The van der Waals surface area contributed by atoms with E-state index >= 15 is 0 Å². The lowest BCUT2D eigenvalue weighted by Gasteiger charge is -2.21. The van der Waals surface area contributed by atoms with E-state index in [9.17, 15) is 0 Å². The van der Waals surface area contributed by atoms with Crippen molar-refractivity contribution in [1.82, 2.24) is 9.97 Å². The van der Waals surface area contributed by atoms with Crippen LogP contribution < -0.4 is 0 Å². The van der Waals surface area contributed by atoms with E-state index in [1.54, 1.807) is 0 Å². The molecule has 0 amide bonds. The third-order valence-electron chi connectivity index (χ3n) is 3.04. The molecular formula is C12H12N2. The number of hydrogen-bond donors (Lipinski definition) is 0. The highest BCUT2D eigenvalue weighted by Gasteiger charge is 2.19. The minimum atomic E-state index is 1.05. The fraction of sp³-hybridized carbons (Fsp3) is 0.333. The summed E-state index contributed by atoms with van der Waals surface area (Å²) >= 11 is 0. The Bertz CT molecular complexity index is 529. The zero-order chi connectivity index (χ0) is 9.71. The molecule has 2 aromatic heterocycles. The van der Waals surface area contributed by atoms with Crippen molar-refractivity contribution >= 4 is 11.0 Å². The van der Waals surface area contributed by atoms with Gasteiger partial charge >= 0.3 is 0 Å². The van der Waals surface area contributed by atoms with Gasteiger partial charge in [-0.2, -0.15) is 0 Å². The van der Waals surface area contributed by atoms with Crippen LogP contribution in [0, 0.1) is 13.8 Å². The Labute approximate surface area is 83.0 Å². The van der Waals surface area contributed by atoms with Gasteiger partial charge in [-0.15, -0.1) is 0 Å². The van der Waals surface area contributed by atoms with Gasteiger partial charge in [-0.3, -0.25) is 9.97 Å². The van der Waals surface area contributed by atoms with Gasteiger partial charge in [0.15, 0.2) is 0 Å². The molecule has 1 aliphatic rings. The molecule has 0 N–H and O–H groups in total. The van der Waals surface area contributed by atoms with Crippen molar-refractivity contribution in [2.24, 2.45) is 0 Å². The summed E-state index contributed by atoms with van der Waals surface area (Å²) in [4.78, 5) is 9.15. The van der Waals surface area contributed by atoms with E-state index in [1.807, 2.05) is 13.0 Å². The second-order valence-corrected chi connectivity index (χ2v) is 3.98. The average molecular weight is 184 g/mol. The van der Waals surface area contributed by atoms with Crippen LogP contribution >= 0.6 is 0 Å². The quantitative estimate of drug-likeness (QED) is 0.628. The first-order valence-corrected chi connectivity index (χ1v) is 5.01. The number of nitrogens with zero attached hydrogens (tertiary/aromatic N) is 2. The summed E-state index contributed by atoms with van der Waals surface area (Å²) in [7, 11) is 0. The van der Waals surface area contributed by atoms with Crippen molar-refractivity contribution in [1.29, 1.82) is 0 Å². The minimum Gasteiger partial charge on any atom is -0.251 e. The standard InChI is InChI=1S/C12H12N2/c1-7-3-5-11-12(13-7)8(2)9-4-6-10(9)14-11/h3,5H,4,6H2,1-2H3. The fourth-order valence-corrected chi connectivity index (χ4v) is 2.09. The molecule has 2 nitrogen and oxygen atoms in total. The molecule has 0 bridgehead atoms. The van der Waals surface area contributed by atoms with E-state index in [2.05, 4.69) is 23.0 Å². The number of hydrogen-bond acceptors (Lipinski definition) is 2. The molecule has 0 aromatic carbocycles. The van der Waals surface area contributed by atoms with Gasteiger partial charge in [-0.25, -0.2) is 0 Å². The van der Waals surface area contributed by atoms with Crippen LogP contribution in [0.2, 0.25) is 0 Å². The van der Waals surface area contributed by atoms with E-state index < -0.39 is 0 Å². The van der Waals surface area contributed by atoms with Crippen molar-refractivity contribution in [2.45, 2.75) is 26.7 Å². The third kappa shape index (κ3) is 0.910. The lowest BCUT2D eigenvalue weighted by atomic mass is 9.89. The van der Waals surface area contributed by atoms with Crippen LogP contribution in [0.3, 0.4) is 0 Å². The number of fused-ring (bicyclic) bond motifs is 2. The third-order valence-corrected chi connectivity index (χ3v) is 3.04. The van der Waals surface area contributed by atoms with Crippen LogP contribution in [0.1, 0.15) is 22.5 Å². The normalized spacial score (nSPS) is 13.9. The van der Waals surface area contributed by atoms with E-state index in [4.69, 9.17) is 0 Å². The van der Waals surface area contributed by atoms with Crippen molar-refractivity contribution < 1.29 is 0 Å². The van der Waals surface area contributed by atoms with Crippen LogP contribution in [0.5, 0.6) is 0 Å². The molecule has 0 spiro atoms. The Balaban J connectivity index is 2.45. The van der Waals surface area contributed by atoms with Crippen LogP contribution in [0.25, 0.3) is 11.0 Å². The molecule has 14 heavy (non-hydrogen) atoms. The summed E-state index contributed by atoms with van der Waals surface area (Å²) < 4.78 is 0. The van der Waals surface area contributed by atoms with Gasteiger partial charge in [-0.1, -0.05) is 0 Å². The van der Waals surface area contributed by atoms with Gasteiger partial charge in [-0.05, 0) is 49.9 Å². The molecule has 1 aliphatic carbocycles. The highest BCUT2D eigenvalue weighted by Crippen LogP contribution is 2.29. The van der Waals surface area contributed by atoms with Gasteiger partial charge < -0.3 is 0 Å². The largest absolute Gasteiger partial charge is 0.251 e. The van der Waals surface area contributed by atoms with Crippen molar-refractivity contribution in [3.63, 3.8) is 0 Å². The highest BCUT2D eigenvalue weighted by atomic mass is 14.8. The minimum absolute atomic E-state index is 1.05. The monoisotopic (exact) mass is 184 g/mol. The van der Waals surface area contributed by atoms with Gasteiger partial charge in [0.2, 0.25) is 0 Å². The number of aryl methyl sites for hydroxylation is 3. The molecule has 0 unspecified atom stereocenters. The molecule has 2 aromatic rings. The highest BCUT2D eigenvalue weighted by molar-refractivity contribution is 5.80. The average Bonchev–Trinajstić information content (AvgIpc) is 2.12. The van der Waals surface area contributed by atoms with Gasteiger partial charge in [0.25, 0.3) is 0 Å². The smallest absolute Gasteiger partial charge is 0.0921 e. The first-order chi connectivity index (χ1) is 6.75. The van der Waals surface area contributed by atoms with Crippen LogP contribution in [-0.4, -0.2) is 9.97 Å². The van der Waals surface area contributed by atoms with Crippen molar-refractivity contribution in [2.75, 3.05) is 0 Å². The maximum absolute atomic E-state index is 4.60. The molecule has 0 saturated carbocycles. The second-order valence-electron chi connectivity index (χ2n) is 3.98. The van der Waals surface area contributed by atoms with Crippen molar-refractivity contribution in [3.05, 3.63) is 34.6 Å². The van der Waals surface area contributed by atoms with Crippen molar-refractivity contribution in [3.8, 4) is 0 Å². The molecule has 0 radical (unpaired) electrons.